The second kappa shape index (κ2) is 13.8. The Labute approximate surface area is 287 Å². The van der Waals surface area contributed by atoms with Crippen LogP contribution >= 0.6 is 0 Å². The molecule has 5 aromatic carbocycles. The molecule has 3 amide bonds. The van der Waals surface area contributed by atoms with Gasteiger partial charge in [0.25, 0.3) is 11.8 Å². The molecule has 0 saturated heterocycles. The maximum Gasteiger partial charge on any atom is 0.258 e. The molecule has 1 aliphatic rings. The van der Waals surface area contributed by atoms with E-state index in [1.807, 2.05) is 132 Å². The number of carbonyl (C=O) groups is 3. The van der Waals surface area contributed by atoms with Crippen LogP contribution in [-0.2, 0) is 21.5 Å². The molecule has 0 spiro atoms. The molecule has 6 rings (SSSR count). The van der Waals surface area contributed by atoms with Crippen molar-refractivity contribution in [2.75, 3.05) is 16.8 Å². The van der Waals surface area contributed by atoms with Crippen LogP contribution in [0.15, 0.2) is 127 Å². The fourth-order valence-electron chi connectivity index (χ4n) is 7.03. The molecule has 248 valence electrons. The van der Waals surface area contributed by atoms with E-state index in [1.54, 1.807) is 6.92 Å². The summed E-state index contributed by atoms with van der Waals surface area (Å²) < 4.78 is 5.82. The zero-order valence-corrected chi connectivity index (χ0v) is 28.3. The molecule has 1 aliphatic heterocycles. The Kier molecular flexibility index (Phi) is 9.36. The predicted octanol–water partition coefficient (Wildman–Crippen LogP) is 8.14. The Morgan fingerprint density at radius 3 is 2.04 bits per heavy atom. The number of nitrogens with one attached hydrogen (secondary N) is 2. The number of hydrogen-bond acceptors (Lipinski definition) is 4. The normalized spacial score (nSPS) is 16.3. The van der Waals surface area contributed by atoms with E-state index in [4.69, 9.17) is 4.74 Å². The monoisotopic (exact) mass is 651 g/mol. The minimum Gasteiger partial charge on any atom is -0.484 e. The average molecular weight is 652 g/mol. The van der Waals surface area contributed by atoms with Gasteiger partial charge in [0.15, 0.2) is 6.61 Å². The Balaban J connectivity index is 1.22. The highest BCUT2D eigenvalue weighted by atomic mass is 16.5. The molecule has 0 aromatic heterocycles. The first-order valence-corrected chi connectivity index (χ1v) is 16.5. The number of fused-ring (bicyclic) bond motifs is 1. The van der Waals surface area contributed by atoms with Crippen molar-refractivity contribution in [2.24, 2.45) is 0 Å². The van der Waals surface area contributed by atoms with Crippen LogP contribution < -0.4 is 20.3 Å². The van der Waals surface area contributed by atoms with Crippen LogP contribution in [0.4, 0.5) is 11.4 Å². The van der Waals surface area contributed by atoms with E-state index in [-0.39, 0.29) is 24.3 Å². The summed E-state index contributed by atoms with van der Waals surface area (Å²) in [6.45, 7) is 8.27. The van der Waals surface area contributed by atoms with E-state index < -0.39 is 11.0 Å². The van der Waals surface area contributed by atoms with Crippen molar-refractivity contribution in [3.8, 4) is 16.9 Å². The van der Waals surface area contributed by atoms with Gasteiger partial charge in [-0.2, -0.15) is 0 Å². The molecule has 0 radical (unpaired) electrons. The van der Waals surface area contributed by atoms with Gasteiger partial charge in [0.1, 0.15) is 5.75 Å². The first-order valence-electron chi connectivity index (χ1n) is 16.5. The van der Waals surface area contributed by atoms with Crippen molar-refractivity contribution in [1.29, 1.82) is 0 Å². The topological polar surface area (TPSA) is 87.7 Å². The fraction of sp³-hybridized carbons (Fsp3) is 0.214. The zero-order valence-electron chi connectivity index (χ0n) is 28.3. The molecule has 0 aliphatic carbocycles. The minimum atomic E-state index is -0.506. The Bertz CT molecular complexity index is 1960. The van der Waals surface area contributed by atoms with Gasteiger partial charge in [-0.15, -0.1) is 0 Å². The number of benzene rings is 5. The number of nitrogens with zero attached hydrogens (tertiary/aromatic N) is 1. The number of hydrogen-bond donors (Lipinski definition) is 2. The summed E-state index contributed by atoms with van der Waals surface area (Å²) in [6, 6.07) is 40.9. The van der Waals surface area contributed by atoms with E-state index in [0.717, 1.165) is 33.5 Å². The summed E-state index contributed by atoms with van der Waals surface area (Å²) in [7, 11) is 0. The predicted molar refractivity (Wildman–Crippen MR) is 195 cm³/mol. The smallest absolute Gasteiger partial charge is 0.258 e. The summed E-state index contributed by atoms with van der Waals surface area (Å²) >= 11 is 0. The summed E-state index contributed by atoms with van der Waals surface area (Å²) in [4.78, 5) is 40.7. The molecule has 7 nitrogen and oxygen atoms in total. The van der Waals surface area contributed by atoms with E-state index in [2.05, 4.69) is 31.4 Å². The molecule has 0 fully saturated rings. The standard InChI is InChI=1S/C42H41N3O4/c1-29(46)45-38-24-21-35(44-40(48)33-17-15-32(16-18-33)31-13-9-6-10-14-31)25-37(38)42(4,28-41(45,2)3)34-19-22-36(23-20-34)49-27-39(47)43-26-30-11-7-5-8-12-30/h5-25H,26-28H2,1-4H3,(H,43,47)(H,44,48). The summed E-state index contributed by atoms with van der Waals surface area (Å²) in [5, 5.41) is 5.96. The SMILES string of the molecule is CC(=O)N1c2ccc(NC(=O)c3ccc(-c4ccccc4)cc3)cc2C(C)(c2ccc(OCC(=O)NCc3ccccc3)cc2)CC1(C)C. The van der Waals surface area contributed by atoms with Crippen molar-refractivity contribution in [3.05, 3.63) is 150 Å². The summed E-state index contributed by atoms with van der Waals surface area (Å²) in [5.41, 5.74) is 6.14. The maximum absolute atomic E-state index is 13.4. The van der Waals surface area contributed by atoms with Crippen LogP contribution in [0, 0.1) is 0 Å². The van der Waals surface area contributed by atoms with Crippen LogP contribution in [0.5, 0.6) is 5.75 Å². The number of amides is 3. The summed E-state index contributed by atoms with van der Waals surface area (Å²) in [5.74, 6) is 0.129. The Morgan fingerprint density at radius 2 is 1.39 bits per heavy atom. The van der Waals surface area contributed by atoms with Gasteiger partial charge in [-0.1, -0.05) is 91.9 Å². The lowest BCUT2D eigenvalue weighted by Crippen LogP contribution is -2.55. The molecule has 1 unspecified atom stereocenters. The van der Waals surface area contributed by atoms with E-state index in [1.165, 1.54) is 0 Å². The lowest BCUT2D eigenvalue weighted by molar-refractivity contribution is -0.123. The van der Waals surface area contributed by atoms with E-state index in [0.29, 0.717) is 30.0 Å². The number of ether oxygens (including phenoxy) is 1. The van der Waals surface area contributed by atoms with Gasteiger partial charge < -0.3 is 20.3 Å². The number of rotatable bonds is 9. The molecule has 0 saturated carbocycles. The van der Waals surface area contributed by atoms with Crippen molar-refractivity contribution >= 4 is 29.1 Å². The highest BCUT2D eigenvalue weighted by Gasteiger charge is 2.47. The van der Waals surface area contributed by atoms with Gasteiger partial charge in [0, 0.05) is 41.4 Å². The zero-order chi connectivity index (χ0) is 34.6. The third-order valence-electron chi connectivity index (χ3n) is 9.24. The van der Waals surface area contributed by atoms with Crippen molar-refractivity contribution in [1.82, 2.24) is 5.32 Å². The third-order valence-corrected chi connectivity index (χ3v) is 9.24. The van der Waals surface area contributed by atoms with Gasteiger partial charge in [0.05, 0.1) is 0 Å². The van der Waals surface area contributed by atoms with E-state index in [9.17, 15) is 14.4 Å². The van der Waals surface area contributed by atoms with Gasteiger partial charge in [0.2, 0.25) is 5.91 Å². The molecule has 49 heavy (non-hydrogen) atoms. The molecule has 0 bridgehead atoms. The van der Waals surface area contributed by atoms with Crippen LogP contribution in [0.1, 0.15) is 61.2 Å². The van der Waals surface area contributed by atoms with Gasteiger partial charge in [-0.3, -0.25) is 14.4 Å². The molecule has 7 heteroatoms. The van der Waals surface area contributed by atoms with Crippen LogP contribution in [-0.4, -0.2) is 29.9 Å². The quantitative estimate of drug-likeness (QED) is 0.168. The number of anilines is 2. The highest BCUT2D eigenvalue weighted by molar-refractivity contribution is 6.05. The molecule has 5 aromatic rings. The Morgan fingerprint density at radius 1 is 0.755 bits per heavy atom. The molecular formula is C42H41N3O4. The molecular weight excluding hydrogens is 610 g/mol. The lowest BCUT2D eigenvalue weighted by Gasteiger charge is -2.51. The van der Waals surface area contributed by atoms with E-state index >= 15 is 0 Å². The molecule has 2 N–H and O–H groups in total. The molecule has 1 heterocycles. The minimum absolute atomic E-state index is 0.0436. The van der Waals surface area contributed by atoms with Gasteiger partial charge >= 0.3 is 0 Å². The average Bonchev–Trinajstić information content (AvgIpc) is 3.10. The van der Waals surface area contributed by atoms with Crippen molar-refractivity contribution in [2.45, 2.75) is 51.6 Å². The maximum atomic E-state index is 13.4. The second-order valence-electron chi connectivity index (χ2n) is 13.4. The number of carbonyl (C=O) groups excluding carboxylic acids is 3. The Hall–Kier alpha value is -5.69. The first-order chi connectivity index (χ1) is 23.5. The van der Waals surface area contributed by atoms with Gasteiger partial charge in [-0.25, -0.2) is 0 Å². The fourth-order valence-corrected chi connectivity index (χ4v) is 7.03. The van der Waals surface area contributed by atoms with Crippen LogP contribution in [0.3, 0.4) is 0 Å². The third kappa shape index (κ3) is 7.26. The van der Waals surface area contributed by atoms with Crippen LogP contribution in [0.2, 0.25) is 0 Å². The highest BCUT2D eigenvalue weighted by Crippen LogP contribution is 2.51. The van der Waals surface area contributed by atoms with Crippen LogP contribution in [0.25, 0.3) is 11.1 Å². The molecule has 1 atom stereocenters. The first kappa shape index (κ1) is 33.2. The van der Waals surface area contributed by atoms with Crippen molar-refractivity contribution < 1.29 is 19.1 Å². The van der Waals surface area contributed by atoms with Crippen molar-refractivity contribution in [3.63, 3.8) is 0 Å². The second-order valence-corrected chi connectivity index (χ2v) is 13.4. The summed E-state index contributed by atoms with van der Waals surface area (Å²) in [6.07, 6.45) is 0.646. The largest absolute Gasteiger partial charge is 0.484 e. The lowest BCUT2D eigenvalue weighted by atomic mass is 9.65. The van der Waals surface area contributed by atoms with Gasteiger partial charge in [-0.05, 0) is 90.6 Å².